The molecule has 1 amide bonds. The molecule has 0 bridgehead atoms. The lowest BCUT2D eigenvalue weighted by molar-refractivity contribution is 0.0944. The first kappa shape index (κ1) is 12.1. The molecule has 1 heterocycles. The van der Waals surface area contributed by atoms with Gasteiger partial charge >= 0.3 is 0 Å². The third-order valence-electron chi connectivity index (χ3n) is 2.45. The van der Waals surface area contributed by atoms with E-state index in [4.69, 9.17) is 10.6 Å². The van der Waals surface area contributed by atoms with E-state index in [-0.39, 0.29) is 0 Å². The van der Waals surface area contributed by atoms with Crippen LogP contribution in [0.1, 0.15) is 16.1 Å². The van der Waals surface area contributed by atoms with Crippen LogP contribution < -0.4 is 16.0 Å². The molecule has 3 N–H and O–H groups in total. The highest BCUT2D eigenvalue weighted by atomic mass is 16.5. The van der Waals surface area contributed by atoms with E-state index < -0.39 is 5.91 Å². The summed E-state index contributed by atoms with van der Waals surface area (Å²) in [7, 11) is 1.65. The van der Waals surface area contributed by atoms with Gasteiger partial charge in [0.05, 0.1) is 0 Å². The van der Waals surface area contributed by atoms with Crippen LogP contribution >= 0.6 is 0 Å². The minimum atomic E-state index is -0.403. The predicted octanol–water partition coefficient (Wildman–Crippen LogP) is 0.603. The summed E-state index contributed by atoms with van der Waals surface area (Å²) >= 11 is 0. The fourth-order valence-electron chi connectivity index (χ4n) is 1.53. The Balaban J connectivity index is 2.05. The number of nitrogen functional groups attached to an aromatic ring is 1. The molecule has 0 aliphatic heterocycles. The molecule has 0 radical (unpaired) electrons. The first-order chi connectivity index (χ1) is 8.70. The second-order valence-electron chi connectivity index (χ2n) is 3.74. The van der Waals surface area contributed by atoms with Crippen molar-refractivity contribution < 1.29 is 9.53 Å². The highest BCUT2D eigenvalue weighted by Crippen LogP contribution is 2.12. The number of hydrogen-bond donors (Lipinski definition) is 2. The first-order valence-electron chi connectivity index (χ1n) is 5.42. The molecule has 6 nitrogen and oxygen atoms in total. The van der Waals surface area contributed by atoms with Crippen LogP contribution in [0.3, 0.4) is 0 Å². The van der Waals surface area contributed by atoms with Crippen molar-refractivity contribution in [1.82, 2.24) is 15.2 Å². The second-order valence-corrected chi connectivity index (χ2v) is 3.74. The normalized spacial score (nSPS) is 10.1. The monoisotopic (exact) mass is 246 g/mol. The zero-order valence-electron chi connectivity index (χ0n) is 9.96. The second kappa shape index (κ2) is 5.33. The van der Waals surface area contributed by atoms with Gasteiger partial charge in [-0.1, -0.05) is 30.3 Å². The van der Waals surface area contributed by atoms with Crippen molar-refractivity contribution in [2.24, 2.45) is 12.9 Å². The van der Waals surface area contributed by atoms with Gasteiger partial charge in [-0.3, -0.25) is 14.9 Å². The number of nitrogens with zero attached hydrogens (tertiary/aromatic N) is 2. The third-order valence-corrected chi connectivity index (χ3v) is 2.45. The fourth-order valence-corrected chi connectivity index (χ4v) is 1.53. The van der Waals surface area contributed by atoms with E-state index in [1.807, 2.05) is 30.3 Å². The molecule has 0 unspecified atom stereocenters. The van der Waals surface area contributed by atoms with E-state index in [1.54, 1.807) is 13.1 Å². The Kier molecular flexibility index (Phi) is 3.59. The molecule has 2 rings (SSSR count). The number of aryl methyl sites for hydroxylation is 1. The Labute approximate surface area is 104 Å². The van der Waals surface area contributed by atoms with E-state index in [1.165, 1.54) is 4.68 Å². The van der Waals surface area contributed by atoms with Gasteiger partial charge in [-0.25, -0.2) is 5.84 Å². The number of amides is 1. The summed E-state index contributed by atoms with van der Waals surface area (Å²) in [6.45, 7) is 0.404. The number of carbonyl (C=O) groups excluding carboxylic acids is 1. The molecule has 1 aromatic heterocycles. The lowest BCUT2D eigenvalue weighted by atomic mass is 10.2. The maximum absolute atomic E-state index is 11.4. The molecule has 0 aliphatic carbocycles. The highest BCUT2D eigenvalue weighted by Gasteiger charge is 2.12. The number of carbonyl (C=O) groups is 1. The van der Waals surface area contributed by atoms with Gasteiger partial charge in [-0.05, 0) is 5.56 Å². The molecule has 0 fully saturated rings. The quantitative estimate of drug-likeness (QED) is 0.470. The van der Waals surface area contributed by atoms with Crippen molar-refractivity contribution in [2.45, 2.75) is 6.61 Å². The maximum Gasteiger partial charge on any atom is 0.283 e. The number of hydrogen-bond acceptors (Lipinski definition) is 4. The predicted molar refractivity (Wildman–Crippen MR) is 65.6 cm³/mol. The Morgan fingerprint density at radius 2 is 2.17 bits per heavy atom. The van der Waals surface area contributed by atoms with E-state index >= 15 is 0 Å². The molecule has 1 aromatic carbocycles. The first-order valence-corrected chi connectivity index (χ1v) is 5.42. The summed E-state index contributed by atoms with van der Waals surface area (Å²) < 4.78 is 6.91. The number of aromatic nitrogens is 2. The third kappa shape index (κ3) is 2.67. The van der Waals surface area contributed by atoms with E-state index in [2.05, 4.69) is 10.5 Å². The minimum absolute atomic E-state index is 0.348. The van der Waals surface area contributed by atoms with Gasteiger partial charge in [0, 0.05) is 13.1 Å². The summed E-state index contributed by atoms with van der Waals surface area (Å²) in [5.74, 6) is 5.05. The zero-order chi connectivity index (χ0) is 13.0. The molecule has 18 heavy (non-hydrogen) atoms. The van der Waals surface area contributed by atoms with Crippen molar-refractivity contribution in [1.29, 1.82) is 0 Å². The van der Waals surface area contributed by atoms with Crippen molar-refractivity contribution in [3.05, 3.63) is 47.7 Å². The van der Waals surface area contributed by atoms with E-state index in [0.29, 0.717) is 18.2 Å². The van der Waals surface area contributed by atoms with E-state index in [9.17, 15) is 4.79 Å². The largest absolute Gasteiger partial charge is 0.472 e. The SMILES string of the molecule is Cn1nc(OCc2ccccc2)cc1C(=O)NN. The Bertz CT molecular complexity index is 536. The molecule has 6 heteroatoms. The summed E-state index contributed by atoms with van der Waals surface area (Å²) in [5.41, 5.74) is 3.44. The number of nitrogens with two attached hydrogens (primary N) is 1. The van der Waals surface area contributed by atoms with E-state index in [0.717, 1.165) is 5.56 Å². The van der Waals surface area contributed by atoms with Gasteiger partial charge in [-0.15, -0.1) is 5.10 Å². The van der Waals surface area contributed by atoms with Crippen molar-refractivity contribution >= 4 is 5.91 Å². The Morgan fingerprint density at radius 1 is 1.44 bits per heavy atom. The van der Waals surface area contributed by atoms with Gasteiger partial charge in [-0.2, -0.15) is 0 Å². The lowest BCUT2D eigenvalue weighted by Gasteiger charge is -2.01. The molecular formula is C12H14N4O2. The Morgan fingerprint density at radius 3 is 2.83 bits per heavy atom. The standard InChI is InChI=1S/C12H14N4O2/c1-16-10(12(17)14-13)7-11(15-16)18-8-9-5-3-2-4-6-9/h2-7H,8,13H2,1H3,(H,14,17). The lowest BCUT2D eigenvalue weighted by Crippen LogP contribution is -2.31. The summed E-state index contributed by atoms with van der Waals surface area (Å²) in [5, 5.41) is 4.07. The minimum Gasteiger partial charge on any atom is -0.472 e. The Hall–Kier alpha value is -2.34. The van der Waals surface area contributed by atoms with Crippen LogP contribution in [0.15, 0.2) is 36.4 Å². The zero-order valence-corrected chi connectivity index (χ0v) is 9.96. The van der Waals surface area contributed by atoms with Crippen LogP contribution in [0.25, 0.3) is 0 Å². The number of rotatable bonds is 4. The number of hydrazine groups is 1. The molecule has 0 saturated carbocycles. The molecule has 0 saturated heterocycles. The summed E-state index contributed by atoms with van der Waals surface area (Å²) in [4.78, 5) is 11.4. The highest BCUT2D eigenvalue weighted by molar-refractivity contribution is 5.92. The maximum atomic E-state index is 11.4. The number of benzene rings is 1. The molecule has 0 atom stereocenters. The van der Waals surface area contributed by atoms with Crippen LogP contribution in [0.4, 0.5) is 0 Å². The van der Waals surface area contributed by atoms with Gasteiger partial charge in [0.1, 0.15) is 12.3 Å². The van der Waals surface area contributed by atoms with Gasteiger partial charge in [0.15, 0.2) is 0 Å². The van der Waals surface area contributed by atoms with Crippen LogP contribution in [0.2, 0.25) is 0 Å². The molecular weight excluding hydrogens is 232 g/mol. The average Bonchev–Trinajstić information content (AvgIpc) is 2.78. The van der Waals surface area contributed by atoms with Crippen LogP contribution in [0, 0.1) is 0 Å². The molecule has 0 spiro atoms. The number of ether oxygens (including phenoxy) is 1. The summed E-state index contributed by atoms with van der Waals surface area (Å²) in [6, 6.07) is 11.3. The van der Waals surface area contributed by atoms with Crippen LogP contribution in [0.5, 0.6) is 5.88 Å². The number of nitrogens with one attached hydrogen (secondary N) is 1. The van der Waals surface area contributed by atoms with Crippen molar-refractivity contribution in [3.8, 4) is 5.88 Å². The fraction of sp³-hybridized carbons (Fsp3) is 0.167. The average molecular weight is 246 g/mol. The van der Waals surface area contributed by atoms with Gasteiger partial charge in [0.2, 0.25) is 5.88 Å². The molecule has 94 valence electrons. The van der Waals surface area contributed by atoms with Crippen LogP contribution in [-0.4, -0.2) is 15.7 Å². The van der Waals surface area contributed by atoms with Crippen molar-refractivity contribution in [3.63, 3.8) is 0 Å². The molecule has 2 aromatic rings. The van der Waals surface area contributed by atoms with Gasteiger partial charge < -0.3 is 4.74 Å². The van der Waals surface area contributed by atoms with Crippen LogP contribution in [-0.2, 0) is 13.7 Å². The van der Waals surface area contributed by atoms with Crippen molar-refractivity contribution in [2.75, 3.05) is 0 Å². The van der Waals surface area contributed by atoms with Gasteiger partial charge in [0.25, 0.3) is 5.91 Å². The topological polar surface area (TPSA) is 82.2 Å². The smallest absolute Gasteiger partial charge is 0.283 e. The molecule has 0 aliphatic rings. The summed E-state index contributed by atoms with van der Waals surface area (Å²) in [6.07, 6.45) is 0.